The van der Waals surface area contributed by atoms with Crippen LogP contribution in [0.4, 0.5) is 0 Å². The zero-order valence-electron chi connectivity index (χ0n) is 17.6. The minimum atomic E-state index is 0. The summed E-state index contributed by atoms with van der Waals surface area (Å²) in [5.74, 6) is 3.27. The number of hydrogen-bond acceptors (Lipinski definition) is 4. The average Bonchev–Trinajstić information content (AvgIpc) is 3.21. The van der Waals surface area contributed by atoms with E-state index in [0.717, 1.165) is 60.6 Å². The summed E-state index contributed by atoms with van der Waals surface area (Å²) in [7, 11) is 3.40. The van der Waals surface area contributed by atoms with Crippen LogP contribution in [-0.2, 0) is 19.4 Å². The smallest absolute Gasteiger partial charge is 0.231 e. The highest BCUT2D eigenvalue weighted by molar-refractivity contribution is 5.95. The molecule has 0 N–H and O–H groups in total. The van der Waals surface area contributed by atoms with Crippen LogP contribution in [0.1, 0.15) is 30.9 Å². The second-order valence-electron chi connectivity index (χ2n) is 7.63. The van der Waals surface area contributed by atoms with E-state index in [1.54, 1.807) is 14.2 Å². The molecule has 0 saturated heterocycles. The number of methoxy groups -OCH3 is 2. The molecule has 0 aliphatic carbocycles. The number of pyridine rings is 1. The van der Waals surface area contributed by atoms with Gasteiger partial charge in [-0.15, -0.1) is 0 Å². The minimum absolute atomic E-state index is 0. The van der Waals surface area contributed by atoms with Gasteiger partial charge in [-0.25, -0.2) is 0 Å². The standard InChI is InChI=1S/C24H26NO4.ClH/c1-4-5-6-17-16-7-8-20(26-2)24(27-3)19(16)13-25-10-9-15-11-21-22(29-14-28-21)12-18(15)23(17)25;/h7-8,11-13H,4-6,9-10,14H2,1-3H3;1H/q+1;/p-1. The maximum absolute atomic E-state index is 5.76. The molecule has 0 bridgehead atoms. The van der Waals surface area contributed by atoms with E-state index in [9.17, 15) is 0 Å². The van der Waals surface area contributed by atoms with E-state index in [0.29, 0.717) is 6.79 Å². The quantitative estimate of drug-likeness (QED) is 0.578. The topological polar surface area (TPSA) is 40.8 Å². The second kappa shape index (κ2) is 8.23. The number of aryl methyl sites for hydroxylation is 3. The van der Waals surface area contributed by atoms with Crippen molar-refractivity contribution in [2.45, 2.75) is 39.2 Å². The Morgan fingerprint density at radius 3 is 2.57 bits per heavy atom. The molecule has 2 aromatic carbocycles. The van der Waals surface area contributed by atoms with E-state index in [2.05, 4.69) is 35.9 Å². The van der Waals surface area contributed by atoms with Gasteiger partial charge >= 0.3 is 0 Å². The average molecular weight is 428 g/mol. The predicted octanol–water partition coefficient (Wildman–Crippen LogP) is 1.44. The van der Waals surface area contributed by atoms with Crippen molar-refractivity contribution in [2.24, 2.45) is 0 Å². The van der Waals surface area contributed by atoms with Crippen molar-refractivity contribution in [3.8, 4) is 34.3 Å². The molecule has 0 fully saturated rings. The van der Waals surface area contributed by atoms with Gasteiger partial charge in [0, 0.05) is 17.4 Å². The number of unbranched alkanes of at least 4 members (excludes halogenated alkanes) is 1. The monoisotopic (exact) mass is 427 g/mol. The number of fused-ring (bicyclic) bond motifs is 5. The third kappa shape index (κ3) is 3.12. The second-order valence-corrected chi connectivity index (χ2v) is 7.63. The van der Waals surface area contributed by atoms with Gasteiger partial charge in [-0.1, -0.05) is 13.3 Å². The Balaban J connectivity index is 0.00000218. The Hall–Kier alpha value is -2.66. The summed E-state index contributed by atoms with van der Waals surface area (Å²) in [5.41, 5.74) is 5.23. The number of aromatic nitrogens is 1. The van der Waals surface area contributed by atoms with Crippen molar-refractivity contribution < 1.29 is 35.9 Å². The third-order valence-electron chi connectivity index (χ3n) is 6.02. The Morgan fingerprint density at radius 1 is 1.03 bits per heavy atom. The van der Waals surface area contributed by atoms with Gasteiger partial charge in [0.05, 0.1) is 25.2 Å². The van der Waals surface area contributed by atoms with Crippen LogP contribution in [0.3, 0.4) is 0 Å². The zero-order valence-corrected chi connectivity index (χ0v) is 18.3. The van der Waals surface area contributed by atoms with Crippen LogP contribution < -0.4 is 35.9 Å². The first kappa shape index (κ1) is 20.6. The number of ether oxygens (including phenoxy) is 4. The summed E-state index contributed by atoms with van der Waals surface area (Å²) >= 11 is 0. The molecule has 5 nitrogen and oxygen atoms in total. The van der Waals surface area contributed by atoms with Gasteiger partial charge in [0.25, 0.3) is 0 Å². The van der Waals surface area contributed by atoms with Gasteiger partial charge in [0.1, 0.15) is 0 Å². The molecule has 6 heteroatoms. The maximum atomic E-state index is 5.76. The summed E-state index contributed by atoms with van der Waals surface area (Å²) in [6.07, 6.45) is 6.49. The van der Waals surface area contributed by atoms with Crippen molar-refractivity contribution >= 4 is 10.8 Å². The molecular formula is C24H26ClNO4. The highest BCUT2D eigenvalue weighted by atomic mass is 35.5. The SMILES string of the molecule is CCCCc1c2[n+](cc3c(OC)c(OC)ccc13)CCc1cc3c(cc1-2)OCO3.[Cl-]. The van der Waals surface area contributed by atoms with Crippen molar-refractivity contribution in [3.05, 3.63) is 41.6 Å². The molecule has 30 heavy (non-hydrogen) atoms. The molecule has 3 aromatic rings. The van der Waals surface area contributed by atoms with Gasteiger partial charge in [0.2, 0.25) is 12.5 Å². The first-order chi connectivity index (χ1) is 14.2. The molecule has 0 saturated carbocycles. The van der Waals surface area contributed by atoms with Crippen molar-refractivity contribution in [1.29, 1.82) is 0 Å². The first-order valence-electron chi connectivity index (χ1n) is 10.3. The molecule has 0 unspecified atom stereocenters. The van der Waals surface area contributed by atoms with Crippen LogP contribution in [0.15, 0.2) is 30.5 Å². The molecular weight excluding hydrogens is 402 g/mol. The number of rotatable bonds is 5. The minimum Gasteiger partial charge on any atom is -1.00 e. The number of hydrogen-bond donors (Lipinski definition) is 0. The highest BCUT2D eigenvalue weighted by Crippen LogP contribution is 2.43. The summed E-state index contributed by atoms with van der Waals surface area (Å²) in [6, 6.07) is 8.50. The maximum Gasteiger partial charge on any atom is 0.231 e. The summed E-state index contributed by atoms with van der Waals surface area (Å²) in [4.78, 5) is 0. The third-order valence-corrected chi connectivity index (χ3v) is 6.02. The molecule has 1 aromatic heterocycles. The van der Waals surface area contributed by atoms with Gasteiger partial charge in [0.15, 0.2) is 35.7 Å². The molecule has 5 rings (SSSR count). The lowest BCUT2D eigenvalue weighted by Crippen LogP contribution is -3.00. The summed E-state index contributed by atoms with van der Waals surface area (Å²) in [6.45, 7) is 3.47. The Labute approximate surface area is 182 Å². The highest BCUT2D eigenvalue weighted by Gasteiger charge is 2.32. The molecule has 0 atom stereocenters. The number of halogens is 1. The van der Waals surface area contributed by atoms with Crippen molar-refractivity contribution in [2.75, 3.05) is 21.0 Å². The Kier molecular flexibility index (Phi) is 5.65. The van der Waals surface area contributed by atoms with Gasteiger partial charge in [-0.05, 0) is 42.7 Å². The molecule has 3 heterocycles. The van der Waals surface area contributed by atoms with Crippen LogP contribution in [0, 0.1) is 0 Å². The van der Waals surface area contributed by atoms with Crippen molar-refractivity contribution in [1.82, 2.24) is 0 Å². The van der Waals surface area contributed by atoms with Crippen LogP contribution >= 0.6 is 0 Å². The number of nitrogens with zero attached hydrogens (tertiary/aromatic N) is 1. The van der Waals surface area contributed by atoms with E-state index < -0.39 is 0 Å². The number of benzene rings is 2. The molecule has 0 radical (unpaired) electrons. The van der Waals surface area contributed by atoms with Crippen LogP contribution in [0.2, 0.25) is 0 Å². The predicted molar refractivity (Wildman–Crippen MR) is 111 cm³/mol. The largest absolute Gasteiger partial charge is 1.00 e. The van der Waals surface area contributed by atoms with E-state index >= 15 is 0 Å². The molecule has 2 aliphatic rings. The normalized spacial score (nSPS) is 13.4. The van der Waals surface area contributed by atoms with E-state index in [1.807, 2.05) is 6.07 Å². The fourth-order valence-corrected chi connectivity index (χ4v) is 4.62. The first-order valence-corrected chi connectivity index (χ1v) is 10.3. The summed E-state index contributed by atoms with van der Waals surface area (Å²) < 4.78 is 25.0. The fourth-order valence-electron chi connectivity index (χ4n) is 4.62. The van der Waals surface area contributed by atoms with Gasteiger partial charge < -0.3 is 31.4 Å². The molecule has 0 amide bonds. The van der Waals surface area contributed by atoms with E-state index in [4.69, 9.17) is 18.9 Å². The molecule has 2 aliphatic heterocycles. The van der Waals surface area contributed by atoms with Crippen LogP contribution in [0.5, 0.6) is 23.0 Å². The van der Waals surface area contributed by atoms with Crippen molar-refractivity contribution in [3.63, 3.8) is 0 Å². The van der Waals surface area contributed by atoms with Crippen LogP contribution in [0.25, 0.3) is 22.0 Å². The Bertz CT molecular complexity index is 1110. The zero-order chi connectivity index (χ0) is 20.0. The van der Waals surface area contributed by atoms with Gasteiger partial charge in [-0.2, -0.15) is 4.57 Å². The lowest BCUT2D eigenvalue weighted by atomic mass is 9.89. The lowest BCUT2D eigenvalue weighted by Gasteiger charge is -2.21. The van der Waals surface area contributed by atoms with E-state index in [-0.39, 0.29) is 12.4 Å². The summed E-state index contributed by atoms with van der Waals surface area (Å²) in [5, 5.41) is 2.33. The van der Waals surface area contributed by atoms with E-state index in [1.165, 1.54) is 27.8 Å². The lowest BCUT2D eigenvalue weighted by molar-refractivity contribution is -0.686. The Morgan fingerprint density at radius 2 is 1.83 bits per heavy atom. The van der Waals surface area contributed by atoms with Crippen LogP contribution in [-0.4, -0.2) is 21.0 Å². The molecule has 158 valence electrons. The molecule has 0 spiro atoms. The van der Waals surface area contributed by atoms with Gasteiger partial charge in [-0.3, -0.25) is 0 Å². The fraction of sp³-hybridized carbons (Fsp3) is 0.375.